The zero-order valence-corrected chi connectivity index (χ0v) is 20.4. The molecule has 1 unspecified atom stereocenters. The lowest BCUT2D eigenvalue weighted by Gasteiger charge is -2.45. The van der Waals surface area contributed by atoms with Crippen LogP contribution in [0.3, 0.4) is 0 Å². The summed E-state index contributed by atoms with van der Waals surface area (Å²) in [5.74, 6) is -3.73. The van der Waals surface area contributed by atoms with Crippen LogP contribution >= 0.6 is 11.3 Å². The molecule has 17 nitrogen and oxygen atoms in total. The van der Waals surface area contributed by atoms with Crippen LogP contribution in [0.1, 0.15) is 19.5 Å². The minimum atomic E-state index is -5.06. The van der Waals surface area contributed by atoms with E-state index in [-0.39, 0.29) is 21.7 Å². The summed E-state index contributed by atoms with van der Waals surface area (Å²) in [5.41, 5.74) is 3.03. The molecule has 1 aromatic heterocycles. The van der Waals surface area contributed by atoms with E-state index >= 15 is 0 Å². The first kappa shape index (κ1) is 27.0. The SMILES string of the molecule is CC(C)(O/N=C(\C(=O)NC1C(=O)N(S(=O)(=O)O)[C@H]1CN1C[C@@H](CO)OC1=O)c1csc(N)n1)C(=O)O. The van der Waals surface area contributed by atoms with E-state index in [0.29, 0.717) is 0 Å². The fraction of sp³-hybridized carbons (Fsp3) is 0.529. The van der Waals surface area contributed by atoms with Crippen molar-refractivity contribution in [1.82, 2.24) is 19.5 Å². The maximum absolute atomic E-state index is 13.0. The van der Waals surface area contributed by atoms with E-state index in [2.05, 4.69) is 15.5 Å². The van der Waals surface area contributed by atoms with Gasteiger partial charge < -0.3 is 35.7 Å². The minimum absolute atomic E-state index is 0.0316. The highest BCUT2D eigenvalue weighted by atomic mass is 32.2. The molecule has 0 bridgehead atoms. The number of thiazole rings is 1. The second-order valence-corrected chi connectivity index (χ2v) is 10.3. The van der Waals surface area contributed by atoms with Gasteiger partial charge in [0.15, 0.2) is 10.8 Å². The number of cyclic esters (lactones) is 1. The number of carbonyl (C=O) groups is 4. The standard InChI is InChI=1S/C17H22N6O11S2/c1-17(2,14(27)28)34-21-10(8-6-35-15(18)19-8)12(25)20-11-9(23(13(11)26)36(30,31)32)4-22-3-7(5-24)33-16(22)29/h6-7,9,11,24H,3-5H2,1-2H3,(H2,18,19)(H,20,25)(H,27,28)(H,30,31,32)/b21-10-/t7-,9-,11?/m0/s1. The molecule has 0 radical (unpaired) electrons. The smallest absolute Gasteiger partial charge is 0.410 e. The van der Waals surface area contributed by atoms with Crippen molar-refractivity contribution in [2.75, 3.05) is 25.4 Å². The summed E-state index contributed by atoms with van der Waals surface area (Å²) in [5, 5.41) is 25.5. The number of carboxylic acid groups (broad SMARTS) is 1. The Hall–Kier alpha value is -3.55. The molecule has 3 heterocycles. The molecule has 0 spiro atoms. The minimum Gasteiger partial charge on any atom is -0.478 e. The molecule has 36 heavy (non-hydrogen) atoms. The predicted octanol–water partition coefficient (Wildman–Crippen LogP) is -2.38. The molecular weight excluding hydrogens is 528 g/mol. The van der Waals surface area contributed by atoms with Crippen LogP contribution < -0.4 is 11.1 Å². The number of nitrogen functional groups attached to an aromatic ring is 1. The summed E-state index contributed by atoms with van der Waals surface area (Å²) in [6.07, 6.45) is -1.79. The average molecular weight is 551 g/mol. The van der Waals surface area contributed by atoms with Crippen LogP contribution in [0.4, 0.5) is 9.93 Å². The van der Waals surface area contributed by atoms with E-state index in [1.54, 1.807) is 0 Å². The Labute approximate surface area is 207 Å². The maximum Gasteiger partial charge on any atom is 0.410 e. The van der Waals surface area contributed by atoms with Crippen molar-refractivity contribution >= 4 is 56.4 Å². The van der Waals surface area contributed by atoms with E-state index in [9.17, 15) is 42.4 Å². The second-order valence-electron chi connectivity index (χ2n) is 8.14. The third kappa shape index (κ3) is 5.48. The van der Waals surface area contributed by atoms with E-state index < -0.39 is 76.8 Å². The molecule has 3 amide bonds. The van der Waals surface area contributed by atoms with Gasteiger partial charge in [0.2, 0.25) is 5.60 Å². The number of nitrogens with one attached hydrogen (secondary N) is 1. The summed E-state index contributed by atoms with van der Waals surface area (Å²) in [7, 11) is -5.06. The monoisotopic (exact) mass is 550 g/mol. The molecule has 2 aliphatic heterocycles. The number of carboxylic acids is 1. The van der Waals surface area contributed by atoms with Crippen molar-refractivity contribution in [2.24, 2.45) is 5.16 Å². The fourth-order valence-corrected chi connectivity index (χ4v) is 4.61. The van der Waals surface area contributed by atoms with Gasteiger partial charge >= 0.3 is 22.4 Å². The van der Waals surface area contributed by atoms with E-state index in [4.69, 9.17) is 15.3 Å². The number of nitrogens with two attached hydrogens (primary N) is 1. The molecule has 19 heteroatoms. The number of aliphatic hydroxyl groups is 1. The molecule has 2 fully saturated rings. The van der Waals surface area contributed by atoms with Gasteiger partial charge in [-0.15, -0.1) is 11.3 Å². The first-order valence-corrected chi connectivity index (χ1v) is 12.3. The topological polar surface area (TPSA) is 251 Å². The van der Waals surface area contributed by atoms with Crippen LogP contribution in [0.25, 0.3) is 0 Å². The highest BCUT2D eigenvalue weighted by molar-refractivity contribution is 7.84. The number of anilines is 1. The van der Waals surface area contributed by atoms with Gasteiger partial charge in [0.25, 0.3) is 11.8 Å². The molecule has 6 N–H and O–H groups in total. The Bertz CT molecular complexity index is 1210. The lowest BCUT2D eigenvalue weighted by molar-refractivity contribution is -0.161. The predicted molar refractivity (Wildman–Crippen MR) is 119 cm³/mol. The number of hydrogen-bond acceptors (Lipinski definition) is 13. The number of aromatic nitrogens is 1. The molecular formula is C17H22N6O11S2. The third-order valence-electron chi connectivity index (χ3n) is 5.13. The first-order chi connectivity index (χ1) is 16.7. The lowest BCUT2D eigenvalue weighted by Crippen LogP contribution is -2.74. The number of amides is 3. The maximum atomic E-state index is 13.0. The quantitative estimate of drug-likeness (QED) is 0.0884. The number of aliphatic hydroxyl groups excluding tert-OH is 1. The molecule has 0 saturated carbocycles. The molecule has 2 aliphatic rings. The molecule has 198 valence electrons. The Morgan fingerprint density at radius 2 is 2.08 bits per heavy atom. The number of hydrogen-bond donors (Lipinski definition) is 5. The number of β-lactam (4-membered cyclic amide) rings is 1. The number of ether oxygens (including phenoxy) is 1. The average Bonchev–Trinajstić information content (AvgIpc) is 3.35. The molecule has 3 atom stereocenters. The number of carbonyl (C=O) groups excluding carboxylic acids is 3. The van der Waals surface area contributed by atoms with Crippen molar-refractivity contribution < 1.29 is 51.9 Å². The van der Waals surface area contributed by atoms with Crippen LogP contribution in [-0.2, 0) is 34.3 Å². The van der Waals surface area contributed by atoms with Gasteiger partial charge in [-0.25, -0.2) is 18.9 Å². The van der Waals surface area contributed by atoms with Gasteiger partial charge in [-0.3, -0.25) is 14.1 Å². The Morgan fingerprint density at radius 1 is 1.42 bits per heavy atom. The Kier molecular flexibility index (Phi) is 7.39. The molecule has 3 rings (SSSR count). The highest BCUT2D eigenvalue weighted by Crippen LogP contribution is 2.26. The van der Waals surface area contributed by atoms with Crippen LogP contribution in [0, 0.1) is 0 Å². The van der Waals surface area contributed by atoms with Gasteiger partial charge in [0.1, 0.15) is 17.8 Å². The van der Waals surface area contributed by atoms with Crippen molar-refractivity contribution in [2.45, 2.75) is 37.6 Å². The molecule has 1 aromatic rings. The molecule has 0 aliphatic carbocycles. The summed E-state index contributed by atoms with van der Waals surface area (Å²) in [4.78, 5) is 58.7. The van der Waals surface area contributed by atoms with Crippen molar-refractivity contribution in [3.63, 3.8) is 0 Å². The lowest BCUT2D eigenvalue weighted by atomic mass is 9.97. The molecule has 0 aromatic carbocycles. The number of oxime groups is 1. The van der Waals surface area contributed by atoms with Crippen molar-refractivity contribution in [3.8, 4) is 0 Å². The Morgan fingerprint density at radius 3 is 2.58 bits per heavy atom. The van der Waals surface area contributed by atoms with Gasteiger partial charge in [-0.1, -0.05) is 5.16 Å². The van der Waals surface area contributed by atoms with Crippen molar-refractivity contribution in [3.05, 3.63) is 11.1 Å². The highest BCUT2D eigenvalue weighted by Gasteiger charge is 2.55. The molecule has 2 saturated heterocycles. The summed E-state index contributed by atoms with van der Waals surface area (Å²) in [6, 6.07) is -3.01. The third-order valence-corrected chi connectivity index (χ3v) is 6.75. The number of nitrogens with zero attached hydrogens (tertiary/aromatic N) is 4. The van der Waals surface area contributed by atoms with E-state index in [1.807, 2.05) is 0 Å². The van der Waals surface area contributed by atoms with E-state index in [0.717, 1.165) is 30.1 Å². The van der Waals surface area contributed by atoms with Gasteiger partial charge in [-0.2, -0.15) is 8.42 Å². The zero-order chi connectivity index (χ0) is 27.0. The van der Waals surface area contributed by atoms with E-state index in [1.165, 1.54) is 5.38 Å². The number of rotatable bonds is 10. The fourth-order valence-electron chi connectivity index (χ4n) is 3.19. The second kappa shape index (κ2) is 9.84. The normalized spacial score (nSPS) is 22.8. The first-order valence-electron chi connectivity index (χ1n) is 10.0. The zero-order valence-electron chi connectivity index (χ0n) is 18.7. The van der Waals surface area contributed by atoms with Crippen molar-refractivity contribution in [1.29, 1.82) is 0 Å². The number of aliphatic carboxylic acids is 1. The summed E-state index contributed by atoms with van der Waals surface area (Å²) in [6.45, 7) is 1.20. The van der Waals surface area contributed by atoms with Gasteiger partial charge in [-0.05, 0) is 13.8 Å². The van der Waals surface area contributed by atoms with Crippen LogP contribution in [0.15, 0.2) is 10.5 Å². The Balaban J connectivity index is 1.86. The van der Waals surface area contributed by atoms with Gasteiger partial charge in [0, 0.05) is 11.9 Å². The van der Waals surface area contributed by atoms with Crippen LogP contribution in [-0.4, -0.2) is 110 Å². The largest absolute Gasteiger partial charge is 0.478 e. The van der Waals surface area contributed by atoms with Gasteiger partial charge in [0.05, 0.1) is 19.2 Å². The summed E-state index contributed by atoms with van der Waals surface area (Å²) < 4.78 is 37.9. The summed E-state index contributed by atoms with van der Waals surface area (Å²) >= 11 is 0.925. The van der Waals surface area contributed by atoms with Crippen LogP contribution in [0.2, 0.25) is 0 Å². The van der Waals surface area contributed by atoms with Crippen LogP contribution in [0.5, 0.6) is 0 Å².